The molecule has 1 aromatic carbocycles. The lowest BCUT2D eigenvalue weighted by molar-refractivity contribution is -0.137. The van der Waals surface area contributed by atoms with E-state index in [0.717, 1.165) is 16.5 Å². The average Bonchev–Trinajstić information content (AvgIpc) is 2.90. The Morgan fingerprint density at radius 2 is 2.29 bits per heavy atom. The van der Waals surface area contributed by atoms with Crippen molar-refractivity contribution in [3.05, 3.63) is 34.3 Å². The van der Waals surface area contributed by atoms with Crippen LogP contribution in [0.4, 0.5) is 0 Å². The molecule has 1 saturated heterocycles. The van der Waals surface area contributed by atoms with Crippen LogP contribution < -0.4 is 5.32 Å². The summed E-state index contributed by atoms with van der Waals surface area (Å²) in [6.45, 7) is 1.30. The molecule has 114 valence electrons. The van der Waals surface area contributed by atoms with E-state index in [4.69, 9.17) is 9.84 Å². The number of carboxylic acids is 1. The molecule has 5 nitrogen and oxygen atoms in total. The zero-order valence-corrected chi connectivity index (χ0v) is 13.1. The third kappa shape index (κ3) is 5.13. The molecule has 0 aromatic heterocycles. The van der Waals surface area contributed by atoms with Gasteiger partial charge in [-0.25, -0.2) is 0 Å². The molecule has 0 radical (unpaired) electrons. The lowest BCUT2D eigenvalue weighted by Gasteiger charge is -2.18. The highest BCUT2D eigenvalue weighted by Gasteiger charge is 2.23. The number of rotatable bonds is 6. The number of carboxylic acid groups (broad SMARTS) is 1. The summed E-state index contributed by atoms with van der Waals surface area (Å²) >= 11 is 3.36. The molecular weight excluding hydrogens is 338 g/mol. The average molecular weight is 356 g/mol. The van der Waals surface area contributed by atoms with E-state index < -0.39 is 12.0 Å². The molecule has 2 rings (SSSR count). The number of carbonyl (C=O) groups is 2. The minimum Gasteiger partial charge on any atom is -0.481 e. The number of hydrogen-bond donors (Lipinski definition) is 2. The van der Waals surface area contributed by atoms with Crippen LogP contribution in [0.5, 0.6) is 0 Å². The fourth-order valence-electron chi connectivity index (χ4n) is 2.41. The third-order valence-corrected chi connectivity index (χ3v) is 3.96. The topological polar surface area (TPSA) is 75.6 Å². The molecule has 1 amide bonds. The predicted molar refractivity (Wildman–Crippen MR) is 80.8 cm³/mol. The first-order valence-corrected chi connectivity index (χ1v) is 7.68. The van der Waals surface area contributed by atoms with Crippen LogP contribution in [-0.4, -0.2) is 30.2 Å². The maximum absolute atomic E-state index is 12.1. The quantitative estimate of drug-likeness (QED) is 0.821. The van der Waals surface area contributed by atoms with Crippen molar-refractivity contribution in [2.45, 2.75) is 25.3 Å². The Morgan fingerprint density at radius 1 is 1.48 bits per heavy atom. The van der Waals surface area contributed by atoms with Crippen molar-refractivity contribution in [3.8, 4) is 0 Å². The Balaban J connectivity index is 2.01. The summed E-state index contributed by atoms with van der Waals surface area (Å²) in [6.07, 6.45) is 1.13. The standard InChI is InChI=1S/C15H18BrNO4/c16-12-3-1-2-11(7-12)13(8-15(19)20)17-14(18)6-10-4-5-21-9-10/h1-3,7,10,13H,4-6,8-9H2,(H,17,18)(H,19,20)/t10-,13-/m0/s1. The van der Waals surface area contributed by atoms with Gasteiger partial charge in [-0.05, 0) is 30.0 Å². The lowest BCUT2D eigenvalue weighted by Crippen LogP contribution is -2.31. The van der Waals surface area contributed by atoms with Gasteiger partial charge in [0.25, 0.3) is 0 Å². The van der Waals surface area contributed by atoms with Crippen molar-refractivity contribution >= 4 is 27.8 Å². The number of carbonyl (C=O) groups excluding carboxylic acids is 1. The minimum absolute atomic E-state index is 0.128. The lowest BCUT2D eigenvalue weighted by atomic mass is 10.0. The maximum atomic E-state index is 12.1. The second kappa shape index (κ2) is 7.56. The Kier molecular flexibility index (Phi) is 5.76. The molecule has 2 atom stereocenters. The van der Waals surface area contributed by atoms with E-state index in [1.165, 1.54) is 0 Å². The van der Waals surface area contributed by atoms with Gasteiger partial charge in [0.15, 0.2) is 0 Å². The number of hydrogen-bond acceptors (Lipinski definition) is 3. The predicted octanol–water partition coefficient (Wildman–Crippen LogP) is 2.51. The Bertz CT molecular complexity index is 514. The van der Waals surface area contributed by atoms with Gasteiger partial charge >= 0.3 is 5.97 Å². The van der Waals surface area contributed by atoms with Crippen LogP contribution in [0.25, 0.3) is 0 Å². The number of nitrogens with one attached hydrogen (secondary N) is 1. The first kappa shape index (κ1) is 16.0. The molecule has 21 heavy (non-hydrogen) atoms. The molecule has 2 N–H and O–H groups in total. The molecule has 1 heterocycles. The van der Waals surface area contributed by atoms with Gasteiger partial charge in [0.05, 0.1) is 12.5 Å². The van der Waals surface area contributed by atoms with Gasteiger partial charge < -0.3 is 15.2 Å². The largest absolute Gasteiger partial charge is 0.481 e. The molecule has 1 aliphatic rings. The van der Waals surface area contributed by atoms with Gasteiger partial charge in [-0.3, -0.25) is 9.59 Å². The molecule has 1 aromatic rings. The summed E-state index contributed by atoms with van der Waals surface area (Å²) in [5, 5.41) is 11.9. The highest BCUT2D eigenvalue weighted by Crippen LogP contribution is 2.22. The number of aliphatic carboxylic acids is 1. The summed E-state index contributed by atoms with van der Waals surface area (Å²) in [5.74, 6) is -0.834. The Morgan fingerprint density at radius 3 is 2.90 bits per heavy atom. The van der Waals surface area contributed by atoms with E-state index in [9.17, 15) is 9.59 Å². The molecule has 1 fully saturated rings. The minimum atomic E-state index is -0.940. The van der Waals surface area contributed by atoms with Crippen LogP contribution in [-0.2, 0) is 14.3 Å². The van der Waals surface area contributed by atoms with Gasteiger partial charge in [-0.2, -0.15) is 0 Å². The van der Waals surface area contributed by atoms with Gasteiger partial charge in [-0.15, -0.1) is 0 Å². The number of ether oxygens (including phenoxy) is 1. The smallest absolute Gasteiger partial charge is 0.305 e. The van der Waals surface area contributed by atoms with E-state index >= 15 is 0 Å². The number of benzene rings is 1. The van der Waals surface area contributed by atoms with Crippen LogP contribution in [0.15, 0.2) is 28.7 Å². The summed E-state index contributed by atoms with van der Waals surface area (Å²) in [6, 6.07) is 6.81. The molecule has 0 aliphatic carbocycles. The molecule has 6 heteroatoms. The van der Waals surface area contributed by atoms with Gasteiger partial charge in [0, 0.05) is 24.1 Å². The van der Waals surface area contributed by atoms with Crippen molar-refractivity contribution in [2.75, 3.05) is 13.2 Å². The zero-order valence-electron chi connectivity index (χ0n) is 11.5. The Hall–Kier alpha value is -1.40. The normalized spacial score (nSPS) is 19.2. The highest BCUT2D eigenvalue weighted by atomic mass is 79.9. The summed E-state index contributed by atoms with van der Waals surface area (Å²) in [4.78, 5) is 23.1. The fraction of sp³-hybridized carbons (Fsp3) is 0.467. The molecule has 1 aliphatic heterocycles. The van der Waals surface area contributed by atoms with Crippen molar-refractivity contribution in [3.63, 3.8) is 0 Å². The van der Waals surface area contributed by atoms with E-state index in [1.54, 1.807) is 0 Å². The molecule has 0 spiro atoms. The van der Waals surface area contributed by atoms with Gasteiger partial charge in [-0.1, -0.05) is 28.1 Å². The van der Waals surface area contributed by atoms with Crippen LogP contribution >= 0.6 is 15.9 Å². The summed E-state index contributed by atoms with van der Waals surface area (Å²) in [5.41, 5.74) is 0.780. The van der Waals surface area contributed by atoms with Crippen molar-refractivity contribution in [1.82, 2.24) is 5.32 Å². The fourth-order valence-corrected chi connectivity index (χ4v) is 2.83. The van der Waals surface area contributed by atoms with E-state index in [0.29, 0.717) is 19.6 Å². The van der Waals surface area contributed by atoms with E-state index in [-0.39, 0.29) is 18.2 Å². The van der Waals surface area contributed by atoms with Crippen molar-refractivity contribution < 1.29 is 19.4 Å². The van der Waals surface area contributed by atoms with E-state index in [2.05, 4.69) is 21.2 Å². The second-order valence-electron chi connectivity index (χ2n) is 5.21. The SMILES string of the molecule is O=C(O)C[C@H](NC(=O)C[C@@H]1CCOC1)c1cccc(Br)c1. The monoisotopic (exact) mass is 355 g/mol. The van der Waals surface area contributed by atoms with Crippen LogP contribution in [0.1, 0.15) is 30.9 Å². The first-order chi connectivity index (χ1) is 10.0. The molecular formula is C15H18BrNO4. The van der Waals surface area contributed by atoms with Crippen LogP contribution in [0, 0.1) is 5.92 Å². The second-order valence-corrected chi connectivity index (χ2v) is 6.12. The molecule has 0 unspecified atom stereocenters. The number of halogens is 1. The Labute approximate surface area is 131 Å². The molecule has 0 bridgehead atoms. The first-order valence-electron chi connectivity index (χ1n) is 6.89. The highest BCUT2D eigenvalue weighted by molar-refractivity contribution is 9.10. The van der Waals surface area contributed by atoms with Crippen molar-refractivity contribution in [2.24, 2.45) is 5.92 Å². The van der Waals surface area contributed by atoms with Gasteiger partial charge in [0.2, 0.25) is 5.91 Å². The molecule has 0 saturated carbocycles. The summed E-state index contributed by atoms with van der Waals surface area (Å²) in [7, 11) is 0. The van der Waals surface area contributed by atoms with Crippen LogP contribution in [0.2, 0.25) is 0 Å². The third-order valence-electron chi connectivity index (χ3n) is 3.46. The van der Waals surface area contributed by atoms with E-state index in [1.807, 2.05) is 24.3 Å². The summed E-state index contributed by atoms with van der Waals surface area (Å²) < 4.78 is 6.10. The number of amides is 1. The van der Waals surface area contributed by atoms with Gasteiger partial charge in [0.1, 0.15) is 0 Å². The van der Waals surface area contributed by atoms with Crippen LogP contribution in [0.3, 0.4) is 0 Å². The maximum Gasteiger partial charge on any atom is 0.305 e. The zero-order chi connectivity index (χ0) is 15.2. The van der Waals surface area contributed by atoms with Crippen molar-refractivity contribution in [1.29, 1.82) is 0 Å².